The number of benzene rings is 1. The minimum absolute atomic E-state index is 0.0662. The third-order valence-electron chi connectivity index (χ3n) is 3.75. The Kier molecular flexibility index (Phi) is 6.02. The molecule has 1 saturated heterocycles. The number of carbonyl (C=O) groups is 1. The molecule has 3 N–H and O–H groups in total. The third-order valence-corrected chi connectivity index (χ3v) is 3.75. The number of nitrogens with zero attached hydrogens (tertiary/aromatic N) is 1. The van der Waals surface area contributed by atoms with Gasteiger partial charge < -0.3 is 20.6 Å². The van der Waals surface area contributed by atoms with Crippen LogP contribution in [-0.4, -0.2) is 48.3 Å². The van der Waals surface area contributed by atoms with Crippen LogP contribution in [0.1, 0.15) is 25.3 Å². The number of hydrogen-bond donors (Lipinski definition) is 3. The first-order chi connectivity index (χ1) is 10.2. The second-order valence-corrected chi connectivity index (χ2v) is 5.68. The summed E-state index contributed by atoms with van der Waals surface area (Å²) in [4.78, 5) is 14.2. The summed E-state index contributed by atoms with van der Waals surface area (Å²) < 4.78 is 0. The van der Waals surface area contributed by atoms with E-state index in [-0.39, 0.29) is 18.7 Å². The fraction of sp³-hybridized carbons (Fsp3) is 0.562. The Morgan fingerprint density at radius 2 is 2.14 bits per heavy atom. The predicted molar refractivity (Wildman–Crippen MR) is 84.5 cm³/mol. The molecule has 1 heterocycles. The largest absolute Gasteiger partial charge is 0.394 e. The van der Waals surface area contributed by atoms with Crippen LogP contribution in [0.25, 0.3) is 0 Å². The molecule has 0 aromatic heterocycles. The van der Waals surface area contributed by atoms with Crippen molar-refractivity contribution in [2.45, 2.75) is 32.2 Å². The molecule has 0 radical (unpaired) electrons. The highest BCUT2D eigenvalue weighted by molar-refractivity contribution is 5.89. The highest BCUT2D eigenvalue weighted by Gasteiger charge is 2.11. The molecule has 5 heteroatoms. The maximum absolute atomic E-state index is 11.7. The van der Waals surface area contributed by atoms with Gasteiger partial charge in [-0.2, -0.15) is 0 Å². The molecule has 1 aromatic rings. The second kappa shape index (κ2) is 8.00. The number of carbonyl (C=O) groups excluding carboxylic acids is 1. The van der Waals surface area contributed by atoms with Crippen molar-refractivity contribution in [1.29, 1.82) is 0 Å². The SMILES string of the molecule is CC(CO)NC(=O)Nc1cccc(CCN2CCCC2)c1. The number of urea groups is 1. The molecule has 1 aliphatic rings. The van der Waals surface area contributed by atoms with E-state index < -0.39 is 0 Å². The molecule has 1 aliphatic heterocycles. The minimum atomic E-state index is -0.284. The number of anilines is 1. The Hall–Kier alpha value is -1.59. The van der Waals surface area contributed by atoms with Crippen LogP contribution in [0.4, 0.5) is 10.5 Å². The average Bonchev–Trinajstić information content (AvgIpc) is 2.98. The normalized spacial score (nSPS) is 16.7. The van der Waals surface area contributed by atoms with E-state index in [1.165, 1.54) is 31.5 Å². The van der Waals surface area contributed by atoms with Crippen molar-refractivity contribution < 1.29 is 9.90 Å². The van der Waals surface area contributed by atoms with E-state index in [1.54, 1.807) is 6.92 Å². The number of rotatable bonds is 6. The molecular formula is C16H25N3O2. The molecule has 1 fully saturated rings. The summed E-state index contributed by atoms with van der Waals surface area (Å²) in [7, 11) is 0. The predicted octanol–water partition coefficient (Wildman–Crippen LogP) is 1.83. The van der Waals surface area contributed by atoms with Crippen molar-refractivity contribution in [2.24, 2.45) is 0 Å². The Morgan fingerprint density at radius 1 is 1.38 bits per heavy atom. The topological polar surface area (TPSA) is 64.6 Å². The summed E-state index contributed by atoms with van der Waals surface area (Å²) in [6.45, 7) is 5.19. The van der Waals surface area contributed by atoms with Gasteiger partial charge in [0.15, 0.2) is 0 Å². The van der Waals surface area contributed by atoms with Gasteiger partial charge in [-0.05, 0) is 57.0 Å². The van der Waals surface area contributed by atoms with Gasteiger partial charge >= 0.3 is 6.03 Å². The number of hydrogen-bond acceptors (Lipinski definition) is 3. The van der Waals surface area contributed by atoms with Crippen molar-refractivity contribution in [2.75, 3.05) is 31.6 Å². The van der Waals surface area contributed by atoms with Crippen molar-refractivity contribution in [3.8, 4) is 0 Å². The Bertz CT molecular complexity index is 459. The van der Waals surface area contributed by atoms with Crippen LogP contribution < -0.4 is 10.6 Å². The zero-order chi connectivity index (χ0) is 15.1. The van der Waals surface area contributed by atoms with E-state index >= 15 is 0 Å². The van der Waals surface area contributed by atoms with Gasteiger partial charge in [-0.25, -0.2) is 4.79 Å². The molecule has 1 atom stereocenters. The van der Waals surface area contributed by atoms with Gasteiger partial charge in [-0.1, -0.05) is 12.1 Å². The van der Waals surface area contributed by atoms with Crippen LogP contribution in [0.2, 0.25) is 0 Å². The van der Waals surface area contributed by atoms with Crippen LogP contribution in [0.3, 0.4) is 0 Å². The maximum Gasteiger partial charge on any atom is 0.319 e. The standard InChI is InChI=1S/C16H25N3O2/c1-13(12-20)17-16(21)18-15-6-4-5-14(11-15)7-10-19-8-2-3-9-19/h4-6,11,13,20H,2-3,7-10,12H2,1H3,(H2,17,18,21). The molecule has 1 aromatic carbocycles. The first-order valence-electron chi connectivity index (χ1n) is 7.67. The van der Waals surface area contributed by atoms with Gasteiger partial charge in [0.2, 0.25) is 0 Å². The van der Waals surface area contributed by atoms with Crippen LogP contribution in [-0.2, 0) is 6.42 Å². The zero-order valence-corrected chi connectivity index (χ0v) is 12.6. The summed E-state index contributed by atoms with van der Waals surface area (Å²) in [6, 6.07) is 7.42. The Balaban J connectivity index is 1.83. The van der Waals surface area contributed by atoms with Crippen molar-refractivity contribution >= 4 is 11.7 Å². The molecular weight excluding hydrogens is 266 g/mol. The van der Waals surface area contributed by atoms with Crippen LogP contribution in [0.5, 0.6) is 0 Å². The van der Waals surface area contributed by atoms with Crippen molar-refractivity contribution in [1.82, 2.24) is 10.2 Å². The van der Waals surface area contributed by atoms with Crippen molar-refractivity contribution in [3.05, 3.63) is 29.8 Å². The summed E-state index contributed by atoms with van der Waals surface area (Å²) >= 11 is 0. The monoisotopic (exact) mass is 291 g/mol. The van der Waals surface area contributed by atoms with E-state index in [2.05, 4.69) is 21.6 Å². The molecule has 0 spiro atoms. The van der Waals surface area contributed by atoms with Gasteiger partial charge in [0, 0.05) is 12.2 Å². The highest BCUT2D eigenvalue weighted by Crippen LogP contribution is 2.13. The van der Waals surface area contributed by atoms with Crippen molar-refractivity contribution in [3.63, 3.8) is 0 Å². The number of aliphatic hydroxyl groups is 1. The lowest BCUT2D eigenvalue weighted by atomic mass is 10.1. The van der Waals surface area contributed by atoms with E-state index in [0.29, 0.717) is 0 Å². The lowest BCUT2D eigenvalue weighted by Gasteiger charge is -2.15. The van der Waals surface area contributed by atoms with E-state index in [9.17, 15) is 4.79 Å². The molecule has 5 nitrogen and oxygen atoms in total. The number of likely N-dealkylation sites (tertiary alicyclic amines) is 1. The first-order valence-corrected chi connectivity index (χ1v) is 7.67. The summed E-state index contributed by atoms with van der Waals surface area (Å²) in [5.41, 5.74) is 2.02. The maximum atomic E-state index is 11.7. The van der Waals surface area contributed by atoms with Crippen LogP contribution in [0.15, 0.2) is 24.3 Å². The van der Waals surface area contributed by atoms with Gasteiger partial charge in [-0.3, -0.25) is 0 Å². The molecule has 1 unspecified atom stereocenters. The quantitative estimate of drug-likeness (QED) is 0.749. The molecule has 0 saturated carbocycles. The second-order valence-electron chi connectivity index (χ2n) is 5.68. The zero-order valence-electron chi connectivity index (χ0n) is 12.6. The molecule has 2 amide bonds. The minimum Gasteiger partial charge on any atom is -0.394 e. The lowest BCUT2D eigenvalue weighted by molar-refractivity contribution is 0.229. The van der Waals surface area contributed by atoms with Crippen LogP contribution >= 0.6 is 0 Å². The van der Waals surface area contributed by atoms with E-state index in [1.807, 2.05) is 18.2 Å². The first kappa shape index (κ1) is 15.8. The molecule has 2 rings (SSSR count). The average molecular weight is 291 g/mol. The van der Waals surface area contributed by atoms with Gasteiger partial charge in [0.25, 0.3) is 0 Å². The Morgan fingerprint density at radius 3 is 2.86 bits per heavy atom. The van der Waals surface area contributed by atoms with Gasteiger partial charge in [-0.15, -0.1) is 0 Å². The summed E-state index contributed by atoms with van der Waals surface area (Å²) in [6.07, 6.45) is 3.62. The fourth-order valence-corrected chi connectivity index (χ4v) is 2.53. The van der Waals surface area contributed by atoms with Crippen LogP contribution in [0, 0.1) is 0 Å². The van der Waals surface area contributed by atoms with E-state index in [4.69, 9.17) is 5.11 Å². The number of nitrogens with one attached hydrogen (secondary N) is 2. The van der Waals surface area contributed by atoms with Gasteiger partial charge in [0.1, 0.15) is 0 Å². The highest BCUT2D eigenvalue weighted by atomic mass is 16.3. The van der Waals surface area contributed by atoms with E-state index in [0.717, 1.165) is 18.7 Å². The molecule has 116 valence electrons. The molecule has 0 aliphatic carbocycles. The fourth-order valence-electron chi connectivity index (χ4n) is 2.53. The third kappa shape index (κ3) is 5.36. The lowest BCUT2D eigenvalue weighted by Crippen LogP contribution is -2.38. The summed E-state index contributed by atoms with van der Waals surface area (Å²) in [5, 5.41) is 14.4. The number of aliphatic hydroxyl groups excluding tert-OH is 1. The smallest absolute Gasteiger partial charge is 0.319 e. The molecule has 0 bridgehead atoms. The summed E-state index contributed by atoms with van der Waals surface area (Å²) in [5.74, 6) is 0. The number of amides is 2. The van der Waals surface area contributed by atoms with Gasteiger partial charge in [0.05, 0.1) is 12.6 Å². The Labute approximate surface area is 126 Å². The molecule has 21 heavy (non-hydrogen) atoms.